The number of hydrogen-bond donors (Lipinski definition) is 0. The van der Waals surface area contributed by atoms with Gasteiger partial charge in [-0.1, -0.05) is 87.5 Å². The molecular formula is C30H28N2. The second-order valence-corrected chi connectivity index (χ2v) is 9.67. The number of nitrogens with zero attached hydrogens (tertiary/aromatic N) is 2. The van der Waals surface area contributed by atoms with Crippen molar-refractivity contribution in [3.8, 4) is 22.4 Å². The molecule has 5 aromatic rings. The van der Waals surface area contributed by atoms with E-state index in [9.17, 15) is 0 Å². The first-order valence-corrected chi connectivity index (χ1v) is 11.2. The molecule has 0 saturated carbocycles. The number of rotatable bonds is 2. The Morgan fingerprint density at radius 2 is 1.38 bits per heavy atom. The van der Waals surface area contributed by atoms with Crippen LogP contribution in [0.4, 0.5) is 0 Å². The van der Waals surface area contributed by atoms with E-state index < -0.39 is 0 Å². The molecular weight excluding hydrogens is 388 g/mol. The van der Waals surface area contributed by atoms with Crippen LogP contribution in [-0.2, 0) is 5.41 Å². The summed E-state index contributed by atoms with van der Waals surface area (Å²) in [7, 11) is 0. The fourth-order valence-electron chi connectivity index (χ4n) is 4.50. The third-order valence-electron chi connectivity index (χ3n) is 6.20. The van der Waals surface area contributed by atoms with E-state index in [1.54, 1.807) is 0 Å². The molecule has 0 aliphatic carbocycles. The van der Waals surface area contributed by atoms with Crippen LogP contribution in [0.5, 0.6) is 0 Å². The molecule has 1 aromatic heterocycles. The highest BCUT2D eigenvalue weighted by Gasteiger charge is 2.18. The van der Waals surface area contributed by atoms with Gasteiger partial charge in [-0.05, 0) is 59.0 Å². The van der Waals surface area contributed by atoms with E-state index in [2.05, 4.69) is 100 Å². The van der Waals surface area contributed by atoms with E-state index in [4.69, 9.17) is 9.97 Å². The molecule has 0 amide bonds. The van der Waals surface area contributed by atoms with Gasteiger partial charge in [0.2, 0.25) is 0 Å². The molecule has 0 unspecified atom stereocenters. The minimum atomic E-state index is 0.110. The van der Waals surface area contributed by atoms with Crippen LogP contribution in [0.15, 0.2) is 78.9 Å². The van der Waals surface area contributed by atoms with Crippen LogP contribution in [0.2, 0.25) is 0 Å². The van der Waals surface area contributed by atoms with Crippen LogP contribution in [0.1, 0.15) is 37.7 Å². The van der Waals surface area contributed by atoms with Crippen molar-refractivity contribution in [2.45, 2.75) is 40.0 Å². The first-order valence-electron chi connectivity index (χ1n) is 11.2. The standard InChI is InChI=1S/C30H28N2/c1-19-16-25(30(3,4)5)18-23-14-15-26-28(31-20(2)32-29(26)27(19)23)24-13-9-12-22(17-24)21-10-7-6-8-11-21/h6-18H,1-5H3. The zero-order valence-corrected chi connectivity index (χ0v) is 19.4. The normalized spacial score (nSPS) is 11.9. The summed E-state index contributed by atoms with van der Waals surface area (Å²) in [5.41, 5.74) is 8.27. The molecule has 0 radical (unpaired) electrons. The fourth-order valence-corrected chi connectivity index (χ4v) is 4.50. The summed E-state index contributed by atoms with van der Waals surface area (Å²) in [4.78, 5) is 9.80. The summed E-state index contributed by atoms with van der Waals surface area (Å²) in [6.45, 7) is 11.0. The lowest BCUT2D eigenvalue weighted by molar-refractivity contribution is 0.590. The van der Waals surface area contributed by atoms with Gasteiger partial charge in [-0.15, -0.1) is 0 Å². The summed E-state index contributed by atoms with van der Waals surface area (Å²) in [5.74, 6) is 0.796. The lowest BCUT2D eigenvalue weighted by Crippen LogP contribution is -2.11. The van der Waals surface area contributed by atoms with Crippen LogP contribution >= 0.6 is 0 Å². The van der Waals surface area contributed by atoms with Crippen molar-refractivity contribution < 1.29 is 0 Å². The number of hydrogen-bond acceptors (Lipinski definition) is 2. The maximum atomic E-state index is 4.91. The van der Waals surface area contributed by atoms with Gasteiger partial charge >= 0.3 is 0 Å². The van der Waals surface area contributed by atoms with Crippen molar-refractivity contribution in [3.05, 3.63) is 95.8 Å². The number of aryl methyl sites for hydroxylation is 2. The van der Waals surface area contributed by atoms with Gasteiger partial charge < -0.3 is 0 Å². The Labute approximate surface area is 190 Å². The molecule has 32 heavy (non-hydrogen) atoms. The predicted octanol–water partition coefficient (Wildman–Crippen LogP) is 8.03. The molecule has 0 aliphatic rings. The molecule has 2 heteroatoms. The second-order valence-electron chi connectivity index (χ2n) is 9.67. The van der Waals surface area contributed by atoms with Crippen LogP contribution < -0.4 is 0 Å². The molecule has 5 rings (SSSR count). The van der Waals surface area contributed by atoms with E-state index in [1.807, 2.05) is 13.0 Å². The highest BCUT2D eigenvalue weighted by atomic mass is 14.9. The number of aromatic nitrogens is 2. The molecule has 2 nitrogen and oxygen atoms in total. The summed E-state index contributed by atoms with van der Waals surface area (Å²) in [6, 6.07) is 28.2. The van der Waals surface area contributed by atoms with Crippen molar-refractivity contribution in [1.82, 2.24) is 9.97 Å². The van der Waals surface area contributed by atoms with Crippen LogP contribution in [0.3, 0.4) is 0 Å². The molecule has 0 atom stereocenters. The second kappa shape index (κ2) is 7.56. The Kier molecular flexibility index (Phi) is 4.82. The van der Waals surface area contributed by atoms with E-state index in [-0.39, 0.29) is 5.41 Å². The predicted molar refractivity (Wildman–Crippen MR) is 136 cm³/mol. The van der Waals surface area contributed by atoms with Crippen LogP contribution in [0, 0.1) is 13.8 Å². The fraction of sp³-hybridized carbons (Fsp3) is 0.200. The van der Waals surface area contributed by atoms with Gasteiger partial charge in [0.15, 0.2) is 0 Å². The molecule has 0 bridgehead atoms. The van der Waals surface area contributed by atoms with E-state index in [0.717, 1.165) is 28.0 Å². The molecule has 158 valence electrons. The molecule has 0 N–H and O–H groups in total. The van der Waals surface area contributed by atoms with Crippen molar-refractivity contribution in [3.63, 3.8) is 0 Å². The van der Waals surface area contributed by atoms with Crippen LogP contribution in [0.25, 0.3) is 44.1 Å². The van der Waals surface area contributed by atoms with Crippen molar-refractivity contribution in [2.75, 3.05) is 0 Å². The van der Waals surface area contributed by atoms with E-state index >= 15 is 0 Å². The van der Waals surface area contributed by atoms with Gasteiger partial charge in [-0.2, -0.15) is 0 Å². The topological polar surface area (TPSA) is 25.8 Å². The maximum absolute atomic E-state index is 4.91. The first kappa shape index (κ1) is 20.4. The summed E-state index contributed by atoms with van der Waals surface area (Å²) in [5, 5.41) is 3.56. The highest BCUT2D eigenvalue weighted by Crippen LogP contribution is 2.36. The Morgan fingerprint density at radius 3 is 2.12 bits per heavy atom. The lowest BCUT2D eigenvalue weighted by Gasteiger charge is -2.21. The van der Waals surface area contributed by atoms with Gasteiger partial charge in [0, 0.05) is 16.3 Å². The third kappa shape index (κ3) is 3.56. The largest absolute Gasteiger partial charge is 0.233 e. The van der Waals surface area contributed by atoms with Gasteiger partial charge in [0.05, 0.1) is 11.2 Å². The van der Waals surface area contributed by atoms with E-state index in [1.165, 1.54) is 33.0 Å². The molecule has 0 fully saturated rings. The quantitative estimate of drug-likeness (QED) is 0.272. The molecule has 4 aromatic carbocycles. The minimum absolute atomic E-state index is 0.110. The monoisotopic (exact) mass is 416 g/mol. The summed E-state index contributed by atoms with van der Waals surface area (Å²) in [6.07, 6.45) is 0. The molecule has 0 aliphatic heterocycles. The number of fused-ring (bicyclic) bond motifs is 3. The van der Waals surface area contributed by atoms with Crippen molar-refractivity contribution in [1.29, 1.82) is 0 Å². The molecule has 1 heterocycles. The van der Waals surface area contributed by atoms with Crippen molar-refractivity contribution >= 4 is 21.7 Å². The van der Waals surface area contributed by atoms with Gasteiger partial charge in [-0.3, -0.25) is 0 Å². The highest BCUT2D eigenvalue weighted by molar-refractivity contribution is 6.10. The molecule has 0 spiro atoms. The van der Waals surface area contributed by atoms with Crippen molar-refractivity contribution in [2.24, 2.45) is 0 Å². The van der Waals surface area contributed by atoms with Gasteiger partial charge in [0.1, 0.15) is 5.82 Å². The Bertz CT molecular complexity index is 1460. The van der Waals surface area contributed by atoms with E-state index in [0.29, 0.717) is 0 Å². The third-order valence-corrected chi connectivity index (χ3v) is 6.20. The average molecular weight is 417 g/mol. The average Bonchev–Trinajstić information content (AvgIpc) is 2.78. The van der Waals surface area contributed by atoms with Gasteiger partial charge in [0.25, 0.3) is 0 Å². The zero-order chi connectivity index (χ0) is 22.5. The Balaban J connectivity index is 1.76. The minimum Gasteiger partial charge on any atom is -0.233 e. The number of benzene rings is 4. The Hall–Kier alpha value is -3.52. The lowest BCUT2D eigenvalue weighted by atomic mass is 9.84. The Morgan fingerprint density at radius 1 is 0.656 bits per heavy atom. The smallest absolute Gasteiger partial charge is 0.126 e. The summed E-state index contributed by atoms with van der Waals surface area (Å²) < 4.78 is 0. The summed E-state index contributed by atoms with van der Waals surface area (Å²) >= 11 is 0. The van der Waals surface area contributed by atoms with Gasteiger partial charge in [-0.25, -0.2) is 9.97 Å². The SMILES string of the molecule is Cc1nc(-c2cccc(-c3ccccc3)c2)c2ccc3cc(C(C)(C)C)cc(C)c3c2n1. The maximum Gasteiger partial charge on any atom is 0.126 e. The first-order chi connectivity index (χ1) is 15.3. The molecule has 0 saturated heterocycles. The van der Waals surface area contributed by atoms with Crippen LogP contribution in [-0.4, -0.2) is 9.97 Å². The zero-order valence-electron chi connectivity index (χ0n) is 19.4.